The summed E-state index contributed by atoms with van der Waals surface area (Å²) >= 11 is 13.4. The first kappa shape index (κ1) is 19.4. The summed E-state index contributed by atoms with van der Waals surface area (Å²) in [7, 11) is 1.59. The number of tetrazole rings is 1. The fraction of sp³-hybridized carbons (Fsp3) is 0.111. The zero-order valence-electron chi connectivity index (χ0n) is 15.1. The Balaban J connectivity index is 1.83. The van der Waals surface area contributed by atoms with Crippen molar-refractivity contribution < 1.29 is 14.3 Å². The number of aromatic nitrogens is 4. The highest BCUT2D eigenvalue weighted by Crippen LogP contribution is 2.43. The van der Waals surface area contributed by atoms with Gasteiger partial charge >= 0.3 is 0 Å². The lowest BCUT2D eigenvalue weighted by Gasteiger charge is -2.09. The zero-order valence-corrected chi connectivity index (χ0v) is 17.4. The number of rotatable bonds is 5. The number of nitrogens with one attached hydrogen (secondary N) is 2. The topological polar surface area (TPSA) is 102 Å². The fourth-order valence-corrected chi connectivity index (χ4v) is 4.10. The predicted molar refractivity (Wildman–Crippen MR) is 112 cm³/mol. The first-order valence-corrected chi connectivity index (χ1v) is 9.82. The van der Waals surface area contributed by atoms with Crippen LogP contribution in [0.4, 0.5) is 5.95 Å². The molecule has 4 rings (SSSR count). The van der Waals surface area contributed by atoms with Gasteiger partial charge in [-0.3, -0.25) is 10.1 Å². The molecule has 0 radical (unpaired) electrons. The number of thiophene rings is 1. The molecule has 0 saturated heterocycles. The van der Waals surface area contributed by atoms with E-state index in [0.717, 1.165) is 15.6 Å². The van der Waals surface area contributed by atoms with Gasteiger partial charge in [0.05, 0.1) is 17.2 Å². The van der Waals surface area contributed by atoms with Crippen LogP contribution in [0.5, 0.6) is 17.2 Å². The molecule has 2 aromatic heterocycles. The molecular weight excluding hydrogens is 437 g/mol. The van der Waals surface area contributed by atoms with Crippen LogP contribution in [0.25, 0.3) is 10.1 Å². The Labute approximate surface area is 178 Å². The van der Waals surface area contributed by atoms with E-state index >= 15 is 0 Å². The number of nitrogens with zero attached hydrogens (tertiary/aromatic N) is 3. The molecule has 2 aromatic carbocycles. The van der Waals surface area contributed by atoms with Gasteiger partial charge in [-0.15, -0.1) is 16.4 Å². The van der Waals surface area contributed by atoms with Crippen molar-refractivity contribution in [3.63, 3.8) is 0 Å². The Morgan fingerprint density at radius 2 is 2.03 bits per heavy atom. The molecule has 148 valence electrons. The molecule has 0 fully saturated rings. The molecule has 2 heterocycles. The summed E-state index contributed by atoms with van der Waals surface area (Å²) in [6.07, 6.45) is 0. The third kappa shape index (κ3) is 3.84. The van der Waals surface area contributed by atoms with Crippen LogP contribution in [0, 0.1) is 6.92 Å². The Morgan fingerprint density at radius 3 is 2.72 bits per heavy atom. The molecule has 0 aliphatic carbocycles. The SMILES string of the molecule is COc1cc2c(Oc3ccc(Cl)c(Cl)c3)c(C(=O)Nc3nn[nH]n3)sc2cc1C. The number of hydrogen-bond donors (Lipinski definition) is 2. The molecular formula is C18H13Cl2N5O3S. The van der Waals surface area contributed by atoms with Crippen molar-refractivity contribution in [2.45, 2.75) is 6.92 Å². The van der Waals surface area contributed by atoms with Crippen molar-refractivity contribution in [1.82, 2.24) is 20.6 Å². The molecule has 1 amide bonds. The van der Waals surface area contributed by atoms with E-state index in [9.17, 15) is 4.79 Å². The van der Waals surface area contributed by atoms with Crippen LogP contribution in [-0.4, -0.2) is 33.6 Å². The van der Waals surface area contributed by atoms with E-state index in [1.165, 1.54) is 11.3 Å². The van der Waals surface area contributed by atoms with Gasteiger partial charge in [-0.05, 0) is 42.0 Å². The van der Waals surface area contributed by atoms with E-state index in [1.54, 1.807) is 25.3 Å². The monoisotopic (exact) mass is 449 g/mol. The van der Waals surface area contributed by atoms with Crippen LogP contribution in [-0.2, 0) is 0 Å². The molecule has 8 nitrogen and oxygen atoms in total. The summed E-state index contributed by atoms with van der Waals surface area (Å²) in [5.74, 6) is 1.11. The normalized spacial score (nSPS) is 10.9. The Bertz CT molecular complexity index is 1210. The smallest absolute Gasteiger partial charge is 0.272 e. The summed E-state index contributed by atoms with van der Waals surface area (Å²) in [6.45, 7) is 1.93. The number of benzene rings is 2. The maximum Gasteiger partial charge on any atom is 0.272 e. The molecule has 29 heavy (non-hydrogen) atoms. The van der Waals surface area contributed by atoms with Crippen LogP contribution in [0.3, 0.4) is 0 Å². The Hall–Kier alpha value is -2.88. The number of carbonyl (C=O) groups is 1. The number of H-pyrrole nitrogens is 1. The number of fused-ring (bicyclic) bond motifs is 1. The highest BCUT2D eigenvalue weighted by Gasteiger charge is 2.23. The van der Waals surface area contributed by atoms with Crippen LogP contribution in [0.1, 0.15) is 15.2 Å². The highest BCUT2D eigenvalue weighted by molar-refractivity contribution is 7.21. The second-order valence-electron chi connectivity index (χ2n) is 5.95. The fourth-order valence-electron chi connectivity index (χ4n) is 2.70. The van der Waals surface area contributed by atoms with Gasteiger partial charge in [0.1, 0.15) is 16.4 Å². The van der Waals surface area contributed by atoms with Gasteiger partial charge in [-0.25, -0.2) is 0 Å². The van der Waals surface area contributed by atoms with Crippen molar-refractivity contribution in [2.75, 3.05) is 12.4 Å². The van der Waals surface area contributed by atoms with Gasteiger partial charge in [-0.1, -0.05) is 28.3 Å². The highest BCUT2D eigenvalue weighted by atomic mass is 35.5. The number of halogens is 2. The average molecular weight is 450 g/mol. The zero-order chi connectivity index (χ0) is 20.5. The second kappa shape index (κ2) is 7.86. The molecule has 11 heteroatoms. The Morgan fingerprint density at radius 1 is 1.21 bits per heavy atom. The van der Waals surface area contributed by atoms with Crippen LogP contribution in [0.2, 0.25) is 10.0 Å². The van der Waals surface area contributed by atoms with E-state index in [4.69, 9.17) is 32.7 Å². The summed E-state index contributed by atoms with van der Waals surface area (Å²) in [4.78, 5) is 13.2. The number of ether oxygens (including phenoxy) is 2. The van der Waals surface area contributed by atoms with Crippen LogP contribution >= 0.6 is 34.5 Å². The lowest BCUT2D eigenvalue weighted by molar-refractivity contribution is 0.102. The van der Waals surface area contributed by atoms with E-state index in [2.05, 4.69) is 25.9 Å². The van der Waals surface area contributed by atoms with Gasteiger partial charge < -0.3 is 9.47 Å². The maximum absolute atomic E-state index is 12.9. The van der Waals surface area contributed by atoms with Crippen molar-refractivity contribution in [3.05, 3.63) is 50.8 Å². The number of carbonyl (C=O) groups excluding carboxylic acids is 1. The molecule has 0 unspecified atom stereocenters. The van der Waals surface area contributed by atoms with Crippen LogP contribution < -0.4 is 14.8 Å². The molecule has 0 aliphatic heterocycles. The lowest BCUT2D eigenvalue weighted by Crippen LogP contribution is -2.12. The molecule has 0 aliphatic rings. The van der Waals surface area contributed by atoms with Crippen molar-refractivity contribution in [1.29, 1.82) is 0 Å². The van der Waals surface area contributed by atoms with Gasteiger partial charge in [-0.2, -0.15) is 5.21 Å². The van der Waals surface area contributed by atoms with E-state index in [0.29, 0.717) is 32.2 Å². The maximum atomic E-state index is 12.9. The predicted octanol–water partition coefficient (Wildman–Crippen LogP) is 5.08. The largest absolute Gasteiger partial charge is 0.496 e. The number of amides is 1. The van der Waals surface area contributed by atoms with E-state index < -0.39 is 5.91 Å². The van der Waals surface area contributed by atoms with Gasteiger partial charge in [0.2, 0.25) is 0 Å². The standard InChI is InChI=1S/C18H13Cl2N5O3S/c1-8-5-14-10(7-13(8)27-2)15(28-9-3-4-11(19)12(20)6-9)16(29-14)17(26)21-18-22-24-25-23-18/h3-7H,1-2H3,(H2,21,22,23,24,25,26). The first-order chi connectivity index (χ1) is 14.0. The number of hydrogen-bond acceptors (Lipinski definition) is 7. The minimum atomic E-state index is -0.431. The molecule has 0 spiro atoms. The van der Waals surface area contributed by atoms with E-state index in [-0.39, 0.29) is 5.95 Å². The van der Waals surface area contributed by atoms with Crippen molar-refractivity contribution in [3.8, 4) is 17.2 Å². The molecule has 4 aromatic rings. The second-order valence-corrected chi connectivity index (χ2v) is 7.81. The number of aromatic amines is 1. The van der Waals surface area contributed by atoms with E-state index in [1.807, 2.05) is 19.1 Å². The van der Waals surface area contributed by atoms with Crippen molar-refractivity contribution in [2.24, 2.45) is 0 Å². The molecule has 2 N–H and O–H groups in total. The third-order valence-corrected chi connectivity index (χ3v) is 5.92. The van der Waals surface area contributed by atoms with Gasteiger partial charge in [0.25, 0.3) is 11.9 Å². The quantitative estimate of drug-likeness (QED) is 0.440. The summed E-state index contributed by atoms with van der Waals surface area (Å²) in [5.41, 5.74) is 0.937. The number of methoxy groups -OCH3 is 1. The summed E-state index contributed by atoms with van der Waals surface area (Å²) in [6, 6.07) is 8.64. The lowest BCUT2D eigenvalue weighted by atomic mass is 10.1. The minimum Gasteiger partial charge on any atom is -0.496 e. The molecule has 0 saturated carbocycles. The van der Waals surface area contributed by atoms with Gasteiger partial charge in [0.15, 0.2) is 5.75 Å². The third-order valence-electron chi connectivity index (χ3n) is 4.05. The Kier molecular flexibility index (Phi) is 5.27. The minimum absolute atomic E-state index is 0.0571. The summed E-state index contributed by atoms with van der Waals surface area (Å²) < 4.78 is 12.3. The molecule has 0 bridgehead atoms. The van der Waals surface area contributed by atoms with Crippen molar-refractivity contribution >= 4 is 56.5 Å². The molecule has 0 atom stereocenters. The number of anilines is 1. The van der Waals surface area contributed by atoms with Gasteiger partial charge in [0, 0.05) is 16.2 Å². The summed E-state index contributed by atoms with van der Waals surface area (Å²) in [5, 5.41) is 17.3. The van der Waals surface area contributed by atoms with Crippen LogP contribution in [0.15, 0.2) is 30.3 Å². The number of aryl methyl sites for hydroxylation is 1. The average Bonchev–Trinajstić information content (AvgIpc) is 3.32. The first-order valence-electron chi connectivity index (χ1n) is 8.25.